The number of aliphatic hydroxyl groups excluding tert-OH is 1. The van der Waals surface area contributed by atoms with Crippen molar-refractivity contribution in [3.63, 3.8) is 0 Å². The van der Waals surface area contributed by atoms with Crippen molar-refractivity contribution in [2.24, 2.45) is 0 Å². The molecule has 0 radical (unpaired) electrons. The van der Waals surface area contributed by atoms with Crippen LogP contribution in [0.2, 0.25) is 0 Å². The number of nitrogens with zero attached hydrogens (tertiary/aromatic N) is 1. The molecule has 3 rings (SSSR count). The second-order valence-electron chi connectivity index (χ2n) is 5.89. The van der Waals surface area contributed by atoms with Gasteiger partial charge in [-0.15, -0.1) is 0 Å². The minimum absolute atomic E-state index is 0.0784. The van der Waals surface area contributed by atoms with Gasteiger partial charge in [-0.3, -0.25) is 9.69 Å². The van der Waals surface area contributed by atoms with Crippen LogP contribution in [0.25, 0.3) is 0 Å². The summed E-state index contributed by atoms with van der Waals surface area (Å²) in [5.41, 5.74) is 1.45. The van der Waals surface area contributed by atoms with E-state index >= 15 is 0 Å². The quantitative estimate of drug-likeness (QED) is 0.692. The molecule has 0 bridgehead atoms. The first-order valence-electron chi connectivity index (χ1n) is 7.64. The molecule has 2 aromatic carbocycles. The second kappa shape index (κ2) is 6.44. The van der Waals surface area contributed by atoms with Crippen LogP contribution >= 0.6 is 0 Å². The minimum atomic E-state index is -0.905. The summed E-state index contributed by atoms with van der Waals surface area (Å²) in [6.07, 6.45) is -0.184. The van der Waals surface area contributed by atoms with Crippen molar-refractivity contribution in [2.45, 2.75) is 24.1 Å². The smallest absolute Gasteiger partial charge is 0.180 e. The van der Waals surface area contributed by atoms with Gasteiger partial charge >= 0.3 is 0 Å². The average Bonchev–Trinajstić information content (AvgIpc) is 2.85. The first kappa shape index (κ1) is 15.6. The molecule has 0 amide bonds. The van der Waals surface area contributed by atoms with E-state index < -0.39 is 24.1 Å². The van der Waals surface area contributed by atoms with E-state index in [0.717, 1.165) is 11.8 Å². The van der Waals surface area contributed by atoms with Gasteiger partial charge in [0.15, 0.2) is 5.78 Å². The average molecular weight is 309 g/mol. The van der Waals surface area contributed by atoms with Crippen LogP contribution in [0, 0.1) is 0 Å². The van der Waals surface area contributed by atoms with Gasteiger partial charge in [-0.25, -0.2) is 0 Å². The first-order valence-corrected chi connectivity index (χ1v) is 7.64. The molecule has 0 spiro atoms. The van der Waals surface area contributed by atoms with Crippen LogP contribution in [0.3, 0.4) is 0 Å². The number of benzene rings is 2. The van der Waals surface area contributed by atoms with Crippen LogP contribution in [0.15, 0.2) is 60.7 Å². The maximum absolute atomic E-state index is 13.0. The van der Waals surface area contributed by atoms with Crippen LogP contribution in [0.5, 0.6) is 0 Å². The zero-order valence-electron chi connectivity index (χ0n) is 12.9. The van der Waals surface area contributed by atoms with Crippen LogP contribution in [0.4, 0.5) is 0 Å². The van der Waals surface area contributed by atoms with E-state index in [9.17, 15) is 14.7 Å². The standard InChI is InChI=1S/C19H19NO3/c1-20-15(12-21)19(23)16(13-8-4-2-5-9-13)17(20)18(22)14-10-6-3-7-11-14/h2-12,15-17,19,23H,1H3. The van der Waals surface area contributed by atoms with E-state index in [1.807, 2.05) is 48.5 Å². The third-order valence-corrected chi connectivity index (χ3v) is 4.62. The Morgan fingerprint density at radius 2 is 1.61 bits per heavy atom. The molecule has 4 nitrogen and oxygen atoms in total. The zero-order chi connectivity index (χ0) is 16.4. The van der Waals surface area contributed by atoms with Crippen LogP contribution in [-0.2, 0) is 4.79 Å². The molecule has 118 valence electrons. The van der Waals surface area contributed by atoms with E-state index in [2.05, 4.69) is 0 Å². The Labute approximate surface area is 135 Å². The molecule has 4 unspecified atom stereocenters. The summed E-state index contributed by atoms with van der Waals surface area (Å²) in [6.45, 7) is 0. The molecule has 0 aromatic heterocycles. The zero-order valence-corrected chi connectivity index (χ0v) is 12.9. The molecule has 4 atom stereocenters. The van der Waals surface area contributed by atoms with Crippen molar-refractivity contribution in [2.75, 3.05) is 7.05 Å². The Morgan fingerprint density at radius 3 is 2.17 bits per heavy atom. The number of aldehydes is 1. The molecule has 1 heterocycles. The Balaban J connectivity index is 2.04. The number of Topliss-reactive ketones (excluding diaryl/α,β-unsaturated/α-hetero) is 1. The number of carbonyl (C=O) groups is 2. The molecular weight excluding hydrogens is 290 g/mol. The lowest BCUT2D eigenvalue weighted by molar-refractivity contribution is -0.113. The van der Waals surface area contributed by atoms with Gasteiger partial charge in [0.2, 0.25) is 0 Å². The Bertz CT molecular complexity index is 686. The second-order valence-corrected chi connectivity index (χ2v) is 5.89. The minimum Gasteiger partial charge on any atom is -0.390 e. The van der Waals surface area contributed by atoms with Crippen molar-refractivity contribution < 1.29 is 14.7 Å². The topological polar surface area (TPSA) is 57.6 Å². The van der Waals surface area contributed by atoms with E-state index in [0.29, 0.717) is 5.56 Å². The predicted octanol–water partition coefficient (Wildman–Crippen LogP) is 1.90. The van der Waals surface area contributed by atoms with Crippen molar-refractivity contribution in [3.8, 4) is 0 Å². The largest absolute Gasteiger partial charge is 0.390 e. The van der Waals surface area contributed by atoms with E-state index in [1.54, 1.807) is 24.1 Å². The Morgan fingerprint density at radius 1 is 1.04 bits per heavy atom. The maximum atomic E-state index is 13.0. The molecule has 1 N–H and O–H groups in total. The number of likely N-dealkylation sites (N-methyl/N-ethyl adjacent to an activating group) is 1. The van der Waals surface area contributed by atoms with Gasteiger partial charge in [-0.05, 0) is 12.6 Å². The number of hydrogen-bond acceptors (Lipinski definition) is 4. The predicted molar refractivity (Wildman–Crippen MR) is 87.4 cm³/mol. The van der Waals surface area contributed by atoms with Gasteiger partial charge in [-0.1, -0.05) is 60.7 Å². The Kier molecular flexibility index (Phi) is 4.37. The molecule has 2 aromatic rings. The van der Waals surface area contributed by atoms with E-state index in [-0.39, 0.29) is 5.78 Å². The summed E-state index contributed by atoms with van der Waals surface area (Å²) >= 11 is 0. The van der Waals surface area contributed by atoms with Crippen LogP contribution in [-0.4, -0.2) is 47.3 Å². The number of aliphatic hydroxyl groups is 1. The molecule has 1 fully saturated rings. The highest BCUT2D eigenvalue weighted by molar-refractivity contribution is 6.01. The lowest BCUT2D eigenvalue weighted by atomic mass is 9.85. The monoisotopic (exact) mass is 309 g/mol. The fraction of sp³-hybridized carbons (Fsp3) is 0.263. The number of ketones is 1. The SMILES string of the molecule is CN1C(C=O)C(O)C(c2ccccc2)C1C(=O)c1ccccc1. The van der Waals surface area contributed by atoms with Crippen molar-refractivity contribution >= 4 is 12.1 Å². The summed E-state index contributed by atoms with van der Waals surface area (Å²) in [5.74, 6) is -0.505. The molecular formula is C19H19NO3. The van der Waals surface area contributed by atoms with Crippen molar-refractivity contribution in [1.82, 2.24) is 4.90 Å². The molecule has 1 aliphatic heterocycles. The normalized spacial score (nSPS) is 27.7. The summed E-state index contributed by atoms with van der Waals surface area (Å²) in [4.78, 5) is 26.1. The highest BCUT2D eigenvalue weighted by atomic mass is 16.3. The maximum Gasteiger partial charge on any atom is 0.180 e. The fourth-order valence-electron chi connectivity index (χ4n) is 3.43. The van der Waals surface area contributed by atoms with Gasteiger partial charge in [0.25, 0.3) is 0 Å². The van der Waals surface area contributed by atoms with Gasteiger partial charge in [0, 0.05) is 11.5 Å². The number of hydrogen-bond donors (Lipinski definition) is 1. The molecule has 1 saturated heterocycles. The molecule has 0 aliphatic carbocycles. The third kappa shape index (κ3) is 2.71. The van der Waals surface area contributed by atoms with Gasteiger partial charge in [-0.2, -0.15) is 0 Å². The fourth-order valence-corrected chi connectivity index (χ4v) is 3.43. The van der Waals surface area contributed by atoms with Crippen molar-refractivity contribution in [3.05, 3.63) is 71.8 Å². The third-order valence-electron chi connectivity index (χ3n) is 4.62. The summed E-state index contributed by atoms with van der Waals surface area (Å²) in [5, 5.41) is 10.6. The summed E-state index contributed by atoms with van der Waals surface area (Å²) in [6, 6.07) is 17.2. The molecule has 1 aliphatic rings. The highest BCUT2D eigenvalue weighted by Gasteiger charge is 2.50. The number of rotatable bonds is 4. The number of carbonyl (C=O) groups excluding carboxylic acids is 2. The summed E-state index contributed by atoms with van der Waals surface area (Å²) < 4.78 is 0. The van der Waals surface area contributed by atoms with Crippen molar-refractivity contribution in [1.29, 1.82) is 0 Å². The van der Waals surface area contributed by atoms with Crippen LogP contribution < -0.4 is 0 Å². The lowest BCUT2D eigenvalue weighted by Gasteiger charge is -2.25. The first-order chi connectivity index (χ1) is 11.1. The highest BCUT2D eigenvalue weighted by Crippen LogP contribution is 2.37. The molecule has 23 heavy (non-hydrogen) atoms. The van der Waals surface area contributed by atoms with Gasteiger partial charge in [0.1, 0.15) is 6.29 Å². The van der Waals surface area contributed by atoms with Gasteiger partial charge in [0.05, 0.1) is 18.2 Å². The lowest BCUT2D eigenvalue weighted by Crippen LogP contribution is -2.40. The van der Waals surface area contributed by atoms with Crippen LogP contribution in [0.1, 0.15) is 21.8 Å². The molecule has 0 saturated carbocycles. The van der Waals surface area contributed by atoms with E-state index in [1.165, 1.54) is 0 Å². The van der Waals surface area contributed by atoms with E-state index in [4.69, 9.17) is 0 Å². The number of likely N-dealkylation sites (tertiary alicyclic amines) is 1. The van der Waals surface area contributed by atoms with Gasteiger partial charge < -0.3 is 9.90 Å². The Hall–Kier alpha value is -2.30. The summed E-state index contributed by atoms with van der Waals surface area (Å²) in [7, 11) is 1.72. The molecule has 4 heteroatoms.